The zero-order valence-corrected chi connectivity index (χ0v) is 13.0. The lowest BCUT2D eigenvalue weighted by molar-refractivity contribution is -0.117. The summed E-state index contributed by atoms with van der Waals surface area (Å²) in [5, 5.41) is 5.45. The Morgan fingerprint density at radius 1 is 1.29 bits per heavy atom. The molecule has 0 saturated heterocycles. The number of nitrogens with one attached hydrogen (secondary N) is 1. The van der Waals surface area contributed by atoms with Crippen molar-refractivity contribution >= 4 is 34.1 Å². The highest BCUT2D eigenvalue weighted by Gasteiger charge is 2.18. The maximum absolute atomic E-state index is 12.2. The molecule has 0 fully saturated rings. The van der Waals surface area contributed by atoms with E-state index in [0.29, 0.717) is 6.42 Å². The second-order valence-electron chi connectivity index (χ2n) is 5.49. The Hall–Kier alpha value is -1.52. The predicted octanol–water partition coefficient (Wildman–Crippen LogP) is 2.96. The largest absolute Gasteiger partial charge is 0.324 e. The first-order valence-electron chi connectivity index (χ1n) is 7.29. The quantitative estimate of drug-likeness (QED) is 0.892. The average molecular weight is 300 g/mol. The van der Waals surface area contributed by atoms with Gasteiger partial charge in [0.05, 0.1) is 6.04 Å². The molecule has 0 unspecified atom stereocenters. The van der Waals surface area contributed by atoms with Gasteiger partial charge in [0, 0.05) is 11.1 Å². The minimum Gasteiger partial charge on any atom is -0.324 e. The number of hydrogen-bond donors (Lipinski definition) is 2. The van der Waals surface area contributed by atoms with E-state index >= 15 is 0 Å². The summed E-state index contributed by atoms with van der Waals surface area (Å²) in [6.07, 6.45) is 4.91. The first-order chi connectivity index (χ1) is 10.2. The Balaban J connectivity index is 1.87. The van der Waals surface area contributed by atoms with Gasteiger partial charge in [-0.05, 0) is 53.9 Å². The van der Waals surface area contributed by atoms with Crippen LogP contribution in [0.15, 0.2) is 30.3 Å². The third kappa shape index (κ3) is 2.78. The summed E-state index contributed by atoms with van der Waals surface area (Å²) >= 11 is 1.71. The van der Waals surface area contributed by atoms with Gasteiger partial charge in [0.1, 0.15) is 0 Å². The minimum absolute atomic E-state index is 0.0947. The van der Waals surface area contributed by atoms with Crippen LogP contribution in [0.2, 0.25) is 0 Å². The van der Waals surface area contributed by atoms with Gasteiger partial charge in [-0.2, -0.15) is 11.8 Å². The Bertz CT molecular complexity index is 674. The Kier molecular flexibility index (Phi) is 4.17. The van der Waals surface area contributed by atoms with Crippen LogP contribution in [0.25, 0.3) is 10.8 Å². The highest BCUT2D eigenvalue weighted by Crippen LogP contribution is 2.34. The summed E-state index contributed by atoms with van der Waals surface area (Å²) in [6, 6.07) is 10.0. The molecule has 3 N–H and O–H groups in total. The Morgan fingerprint density at radius 2 is 2.05 bits per heavy atom. The van der Waals surface area contributed by atoms with Crippen LogP contribution >= 0.6 is 11.8 Å². The van der Waals surface area contributed by atoms with Crippen molar-refractivity contribution in [1.82, 2.24) is 0 Å². The van der Waals surface area contributed by atoms with Gasteiger partial charge in [-0.25, -0.2) is 0 Å². The van der Waals surface area contributed by atoms with Crippen molar-refractivity contribution in [3.8, 4) is 0 Å². The van der Waals surface area contributed by atoms with Crippen LogP contribution in [-0.4, -0.2) is 24.0 Å². The van der Waals surface area contributed by atoms with E-state index in [9.17, 15) is 4.79 Å². The number of anilines is 1. The van der Waals surface area contributed by atoms with Gasteiger partial charge in [-0.15, -0.1) is 0 Å². The molecule has 1 amide bonds. The third-order valence-corrected chi connectivity index (χ3v) is 4.75. The molecule has 3 rings (SSSR count). The van der Waals surface area contributed by atoms with Crippen LogP contribution in [0.3, 0.4) is 0 Å². The number of nitrogens with two attached hydrogens (primary N) is 1. The molecule has 21 heavy (non-hydrogen) atoms. The van der Waals surface area contributed by atoms with Crippen LogP contribution < -0.4 is 11.1 Å². The second kappa shape index (κ2) is 6.08. The molecule has 0 heterocycles. The van der Waals surface area contributed by atoms with E-state index in [1.807, 2.05) is 12.3 Å². The third-order valence-electron chi connectivity index (χ3n) is 4.10. The van der Waals surface area contributed by atoms with E-state index in [1.54, 1.807) is 11.8 Å². The van der Waals surface area contributed by atoms with Crippen molar-refractivity contribution in [3.05, 3.63) is 41.5 Å². The fourth-order valence-corrected chi connectivity index (χ4v) is 3.45. The molecule has 0 aliphatic heterocycles. The molecule has 1 aliphatic rings. The Morgan fingerprint density at radius 3 is 2.81 bits per heavy atom. The molecule has 0 bridgehead atoms. The number of hydrogen-bond acceptors (Lipinski definition) is 3. The molecular formula is C17H20N2OS. The first kappa shape index (κ1) is 14.4. The molecule has 1 atom stereocenters. The number of benzene rings is 2. The SMILES string of the molecule is CSCC[C@H](N)C(=O)Nc1ccc2c3c(cccc13)CC2. The molecule has 0 spiro atoms. The van der Waals surface area contributed by atoms with Gasteiger partial charge in [-0.1, -0.05) is 24.3 Å². The van der Waals surface area contributed by atoms with Gasteiger partial charge < -0.3 is 11.1 Å². The minimum atomic E-state index is -0.444. The van der Waals surface area contributed by atoms with Crippen LogP contribution in [-0.2, 0) is 17.6 Å². The van der Waals surface area contributed by atoms with E-state index < -0.39 is 6.04 Å². The summed E-state index contributed by atoms with van der Waals surface area (Å²) in [6.45, 7) is 0. The normalized spacial score (nSPS) is 14.4. The lowest BCUT2D eigenvalue weighted by Crippen LogP contribution is -2.36. The van der Waals surface area contributed by atoms with E-state index in [1.165, 1.54) is 16.5 Å². The average Bonchev–Trinajstić information content (AvgIpc) is 2.92. The Labute approximate surface area is 129 Å². The molecule has 2 aromatic carbocycles. The number of amides is 1. The van der Waals surface area contributed by atoms with Gasteiger partial charge >= 0.3 is 0 Å². The molecule has 2 aromatic rings. The summed E-state index contributed by atoms with van der Waals surface area (Å²) in [5.74, 6) is 0.807. The maximum Gasteiger partial charge on any atom is 0.241 e. The van der Waals surface area contributed by atoms with Crippen LogP contribution in [0, 0.1) is 0 Å². The molecule has 0 aromatic heterocycles. The molecule has 4 heteroatoms. The number of carbonyl (C=O) groups is 1. The van der Waals surface area contributed by atoms with Crippen molar-refractivity contribution < 1.29 is 4.79 Å². The number of thioether (sulfide) groups is 1. The van der Waals surface area contributed by atoms with Gasteiger partial charge in [0.2, 0.25) is 5.91 Å². The smallest absolute Gasteiger partial charge is 0.241 e. The lowest BCUT2D eigenvalue weighted by Gasteiger charge is -2.14. The number of rotatable bonds is 5. The van der Waals surface area contributed by atoms with E-state index in [2.05, 4.69) is 29.6 Å². The second-order valence-corrected chi connectivity index (χ2v) is 6.47. The van der Waals surface area contributed by atoms with Crippen molar-refractivity contribution in [2.24, 2.45) is 5.73 Å². The standard InChI is InChI=1S/C17H20N2OS/c1-21-10-9-14(18)17(20)19-15-8-7-12-6-5-11-3-2-4-13(15)16(11)12/h2-4,7-8,14H,5-6,9-10,18H2,1H3,(H,19,20)/t14-/m0/s1. The topological polar surface area (TPSA) is 55.1 Å². The number of carbonyl (C=O) groups excluding carboxylic acids is 1. The molecule has 0 saturated carbocycles. The molecule has 0 radical (unpaired) electrons. The van der Waals surface area contributed by atoms with Gasteiger partial charge in [-0.3, -0.25) is 4.79 Å². The van der Waals surface area contributed by atoms with Crippen LogP contribution in [0.4, 0.5) is 5.69 Å². The van der Waals surface area contributed by atoms with Crippen molar-refractivity contribution in [3.63, 3.8) is 0 Å². The molecular weight excluding hydrogens is 280 g/mol. The monoisotopic (exact) mass is 300 g/mol. The van der Waals surface area contributed by atoms with E-state index in [-0.39, 0.29) is 5.91 Å². The fraction of sp³-hybridized carbons (Fsp3) is 0.353. The van der Waals surface area contributed by atoms with Crippen molar-refractivity contribution in [1.29, 1.82) is 0 Å². The summed E-state index contributed by atoms with van der Waals surface area (Å²) < 4.78 is 0. The molecule has 1 aliphatic carbocycles. The summed E-state index contributed by atoms with van der Waals surface area (Å²) in [4.78, 5) is 12.2. The van der Waals surface area contributed by atoms with Crippen LogP contribution in [0.5, 0.6) is 0 Å². The highest BCUT2D eigenvalue weighted by molar-refractivity contribution is 7.98. The van der Waals surface area contributed by atoms with Gasteiger partial charge in [0.25, 0.3) is 0 Å². The van der Waals surface area contributed by atoms with Crippen molar-refractivity contribution in [2.45, 2.75) is 25.3 Å². The highest BCUT2D eigenvalue weighted by atomic mass is 32.2. The predicted molar refractivity (Wildman–Crippen MR) is 91.0 cm³/mol. The first-order valence-corrected chi connectivity index (χ1v) is 8.69. The summed E-state index contributed by atoms with van der Waals surface area (Å²) in [7, 11) is 0. The van der Waals surface area contributed by atoms with Gasteiger partial charge in [0.15, 0.2) is 0 Å². The lowest BCUT2D eigenvalue weighted by atomic mass is 10.0. The summed E-state index contributed by atoms with van der Waals surface area (Å²) in [5.41, 5.74) is 9.58. The molecule has 3 nitrogen and oxygen atoms in total. The zero-order valence-electron chi connectivity index (χ0n) is 12.2. The number of aryl methyl sites for hydroxylation is 2. The van der Waals surface area contributed by atoms with E-state index in [4.69, 9.17) is 5.73 Å². The van der Waals surface area contributed by atoms with E-state index in [0.717, 1.165) is 29.7 Å². The van der Waals surface area contributed by atoms with Crippen LogP contribution in [0.1, 0.15) is 17.5 Å². The molecule has 110 valence electrons. The zero-order chi connectivity index (χ0) is 14.8. The fourth-order valence-electron chi connectivity index (χ4n) is 2.96. The maximum atomic E-state index is 12.2. The van der Waals surface area contributed by atoms with Crippen molar-refractivity contribution in [2.75, 3.05) is 17.3 Å².